The summed E-state index contributed by atoms with van der Waals surface area (Å²) in [6.07, 6.45) is 1.93. The molecule has 4 nitrogen and oxygen atoms in total. The minimum Gasteiger partial charge on any atom is -0.322 e. The molecule has 1 N–H and O–H groups in total. The SMILES string of the molecule is Cc1ccc(NC(=O)c2ccc3cn(C)nc3c2)c(C)c1. The highest BCUT2D eigenvalue weighted by Crippen LogP contribution is 2.19. The highest BCUT2D eigenvalue weighted by atomic mass is 16.1. The van der Waals surface area contributed by atoms with E-state index in [4.69, 9.17) is 0 Å². The van der Waals surface area contributed by atoms with Crippen LogP contribution in [-0.2, 0) is 7.05 Å². The highest BCUT2D eigenvalue weighted by Gasteiger charge is 2.09. The van der Waals surface area contributed by atoms with Crippen LogP contribution < -0.4 is 5.32 Å². The first-order valence-electron chi connectivity index (χ1n) is 6.85. The first-order chi connectivity index (χ1) is 10.0. The van der Waals surface area contributed by atoms with Crippen molar-refractivity contribution in [2.45, 2.75) is 13.8 Å². The molecule has 0 fully saturated rings. The lowest BCUT2D eigenvalue weighted by atomic mass is 10.1. The van der Waals surface area contributed by atoms with Crippen molar-refractivity contribution in [1.82, 2.24) is 9.78 Å². The lowest BCUT2D eigenvalue weighted by Gasteiger charge is -2.09. The molecule has 0 spiro atoms. The van der Waals surface area contributed by atoms with Gasteiger partial charge in [-0.2, -0.15) is 5.10 Å². The van der Waals surface area contributed by atoms with Crippen LogP contribution in [0.1, 0.15) is 21.5 Å². The molecular formula is C17H17N3O. The number of nitrogens with zero attached hydrogens (tertiary/aromatic N) is 2. The number of hydrogen-bond donors (Lipinski definition) is 1. The number of benzene rings is 2. The standard InChI is InChI=1S/C17H17N3O/c1-11-4-7-15(12(2)8-11)18-17(21)13-5-6-14-10-20(3)19-16(14)9-13/h4-10H,1-3H3,(H,18,21). The zero-order valence-electron chi connectivity index (χ0n) is 12.3. The number of carbonyl (C=O) groups excluding carboxylic acids is 1. The number of aromatic nitrogens is 2. The molecule has 0 aliphatic carbocycles. The second kappa shape index (κ2) is 5.05. The Hall–Kier alpha value is -2.62. The molecule has 3 rings (SSSR count). The fraction of sp³-hybridized carbons (Fsp3) is 0.176. The molecule has 106 valence electrons. The second-order valence-corrected chi connectivity index (χ2v) is 5.35. The topological polar surface area (TPSA) is 46.9 Å². The highest BCUT2D eigenvalue weighted by molar-refractivity contribution is 6.06. The number of fused-ring (bicyclic) bond motifs is 1. The summed E-state index contributed by atoms with van der Waals surface area (Å²) in [6.45, 7) is 4.03. The molecule has 0 atom stereocenters. The predicted molar refractivity (Wildman–Crippen MR) is 84.6 cm³/mol. The lowest BCUT2D eigenvalue weighted by molar-refractivity contribution is 0.102. The Morgan fingerprint density at radius 2 is 1.95 bits per heavy atom. The number of hydrogen-bond acceptors (Lipinski definition) is 2. The van der Waals surface area contributed by atoms with Gasteiger partial charge in [-0.05, 0) is 37.6 Å². The van der Waals surface area contributed by atoms with Gasteiger partial charge in [0.15, 0.2) is 0 Å². The molecule has 0 bridgehead atoms. The maximum absolute atomic E-state index is 12.4. The average molecular weight is 279 g/mol. The van der Waals surface area contributed by atoms with Gasteiger partial charge in [0.1, 0.15) is 0 Å². The maximum atomic E-state index is 12.4. The van der Waals surface area contributed by atoms with E-state index in [1.54, 1.807) is 4.68 Å². The zero-order chi connectivity index (χ0) is 15.0. The van der Waals surface area contributed by atoms with E-state index in [0.29, 0.717) is 5.56 Å². The molecule has 2 aromatic carbocycles. The monoisotopic (exact) mass is 279 g/mol. The molecule has 0 aliphatic heterocycles. The van der Waals surface area contributed by atoms with Gasteiger partial charge in [0.2, 0.25) is 0 Å². The molecule has 1 amide bonds. The van der Waals surface area contributed by atoms with Crippen LogP contribution in [0.3, 0.4) is 0 Å². The minimum absolute atomic E-state index is 0.116. The molecule has 0 unspecified atom stereocenters. The smallest absolute Gasteiger partial charge is 0.255 e. The maximum Gasteiger partial charge on any atom is 0.255 e. The minimum atomic E-state index is -0.116. The molecule has 1 aromatic heterocycles. The van der Waals surface area contributed by atoms with Crippen molar-refractivity contribution in [2.75, 3.05) is 5.32 Å². The summed E-state index contributed by atoms with van der Waals surface area (Å²) < 4.78 is 1.75. The van der Waals surface area contributed by atoms with E-state index in [1.807, 2.05) is 57.4 Å². The third-order valence-corrected chi connectivity index (χ3v) is 3.51. The largest absolute Gasteiger partial charge is 0.322 e. The Morgan fingerprint density at radius 3 is 2.71 bits per heavy atom. The fourth-order valence-electron chi connectivity index (χ4n) is 2.43. The van der Waals surface area contributed by atoms with Crippen molar-refractivity contribution in [1.29, 1.82) is 0 Å². The quantitative estimate of drug-likeness (QED) is 0.781. The second-order valence-electron chi connectivity index (χ2n) is 5.35. The Labute approximate surface area is 123 Å². The van der Waals surface area contributed by atoms with Crippen LogP contribution in [0.5, 0.6) is 0 Å². The summed E-state index contributed by atoms with van der Waals surface area (Å²) in [4.78, 5) is 12.4. The fourth-order valence-corrected chi connectivity index (χ4v) is 2.43. The number of nitrogens with one attached hydrogen (secondary N) is 1. The van der Waals surface area contributed by atoms with Gasteiger partial charge in [0, 0.05) is 29.9 Å². The van der Waals surface area contributed by atoms with Gasteiger partial charge in [-0.1, -0.05) is 23.8 Å². The van der Waals surface area contributed by atoms with Crippen LogP contribution in [0.25, 0.3) is 10.9 Å². The number of carbonyl (C=O) groups is 1. The van der Waals surface area contributed by atoms with Gasteiger partial charge < -0.3 is 5.32 Å². The van der Waals surface area contributed by atoms with Crippen molar-refractivity contribution >= 4 is 22.5 Å². The Morgan fingerprint density at radius 1 is 1.14 bits per heavy atom. The molecule has 0 saturated heterocycles. The summed E-state index contributed by atoms with van der Waals surface area (Å²) >= 11 is 0. The molecule has 0 saturated carbocycles. The molecule has 0 radical (unpaired) electrons. The molecule has 3 aromatic rings. The number of anilines is 1. The predicted octanol–water partition coefficient (Wildman–Crippen LogP) is 3.44. The van der Waals surface area contributed by atoms with Crippen molar-refractivity contribution in [3.8, 4) is 0 Å². The molecule has 0 aliphatic rings. The van der Waals surface area contributed by atoms with Crippen molar-refractivity contribution in [3.63, 3.8) is 0 Å². The van der Waals surface area contributed by atoms with Crippen LogP contribution in [0.15, 0.2) is 42.6 Å². The van der Waals surface area contributed by atoms with Crippen LogP contribution in [0, 0.1) is 13.8 Å². The van der Waals surface area contributed by atoms with Crippen LogP contribution >= 0.6 is 0 Å². The summed E-state index contributed by atoms with van der Waals surface area (Å²) in [7, 11) is 1.87. The Balaban J connectivity index is 1.89. The molecule has 21 heavy (non-hydrogen) atoms. The van der Waals surface area contributed by atoms with Crippen molar-refractivity contribution in [2.24, 2.45) is 7.05 Å². The third-order valence-electron chi connectivity index (χ3n) is 3.51. The van der Waals surface area contributed by atoms with E-state index in [2.05, 4.69) is 16.5 Å². The van der Waals surface area contributed by atoms with E-state index in [-0.39, 0.29) is 5.91 Å². The lowest BCUT2D eigenvalue weighted by Crippen LogP contribution is -2.12. The Kier molecular flexibility index (Phi) is 3.22. The first-order valence-corrected chi connectivity index (χ1v) is 6.85. The zero-order valence-corrected chi connectivity index (χ0v) is 12.3. The average Bonchev–Trinajstić information content (AvgIpc) is 2.80. The number of amides is 1. The molecule has 1 heterocycles. The van der Waals surface area contributed by atoms with Gasteiger partial charge in [-0.15, -0.1) is 0 Å². The van der Waals surface area contributed by atoms with Crippen LogP contribution in [0.4, 0.5) is 5.69 Å². The molecule has 4 heteroatoms. The first kappa shape index (κ1) is 13.4. The number of aryl methyl sites for hydroxylation is 3. The van der Waals surface area contributed by atoms with Crippen molar-refractivity contribution in [3.05, 3.63) is 59.3 Å². The van der Waals surface area contributed by atoms with Crippen LogP contribution in [0.2, 0.25) is 0 Å². The summed E-state index contributed by atoms with van der Waals surface area (Å²) in [5.41, 5.74) is 4.52. The Bertz CT molecular complexity index is 833. The van der Waals surface area contributed by atoms with E-state index < -0.39 is 0 Å². The van der Waals surface area contributed by atoms with E-state index >= 15 is 0 Å². The van der Waals surface area contributed by atoms with E-state index in [1.165, 1.54) is 5.56 Å². The van der Waals surface area contributed by atoms with Gasteiger partial charge in [-0.25, -0.2) is 0 Å². The van der Waals surface area contributed by atoms with Crippen molar-refractivity contribution < 1.29 is 4.79 Å². The van der Waals surface area contributed by atoms with Gasteiger partial charge in [0.25, 0.3) is 5.91 Å². The summed E-state index contributed by atoms with van der Waals surface area (Å²) in [5.74, 6) is -0.116. The van der Waals surface area contributed by atoms with E-state index in [0.717, 1.165) is 22.2 Å². The number of rotatable bonds is 2. The third kappa shape index (κ3) is 2.65. The summed E-state index contributed by atoms with van der Waals surface area (Å²) in [6, 6.07) is 11.5. The van der Waals surface area contributed by atoms with Crippen LogP contribution in [-0.4, -0.2) is 15.7 Å². The van der Waals surface area contributed by atoms with E-state index in [9.17, 15) is 4.79 Å². The molecular weight excluding hydrogens is 262 g/mol. The van der Waals surface area contributed by atoms with Gasteiger partial charge >= 0.3 is 0 Å². The normalized spacial score (nSPS) is 10.8. The summed E-state index contributed by atoms with van der Waals surface area (Å²) in [5, 5.41) is 8.31. The van der Waals surface area contributed by atoms with Gasteiger partial charge in [0.05, 0.1) is 5.52 Å². The van der Waals surface area contributed by atoms with Gasteiger partial charge in [-0.3, -0.25) is 9.48 Å².